The van der Waals surface area contributed by atoms with Crippen LogP contribution in [0.1, 0.15) is 62.9 Å². The van der Waals surface area contributed by atoms with E-state index in [1.807, 2.05) is 0 Å². The third-order valence-corrected chi connectivity index (χ3v) is 4.29. The molecule has 1 heterocycles. The Hall–Kier alpha value is -0.820. The summed E-state index contributed by atoms with van der Waals surface area (Å²) < 4.78 is 0. The van der Waals surface area contributed by atoms with Crippen LogP contribution >= 0.6 is 0 Å². The summed E-state index contributed by atoms with van der Waals surface area (Å²) in [6.45, 7) is 17.2. The molecule has 1 saturated heterocycles. The first-order chi connectivity index (χ1) is 8.13. The second kappa shape index (κ2) is 4.09. The molecule has 100 valence electrons. The zero-order valence-corrected chi connectivity index (χ0v) is 12.9. The van der Waals surface area contributed by atoms with Crippen LogP contribution in [0.15, 0.2) is 12.1 Å². The highest BCUT2D eigenvalue weighted by atomic mass is 15.0. The molecule has 0 aliphatic carbocycles. The molecule has 0 radical (unpaired) electrons. The Morgan fingerprint density at radius 2 is 1.61 bits per heavy atom. The van der Waals surface area contributed by atoms with Crippen LogP contribution in [0, 0.1) is 19.3 Å². The molecule has 1 heteroatoms. The molecule has 1 aromatic carbocycles. The number of hydrogen-bond donors (Lipinski definition) is 1. The maximum atomic E-state index is 3.59. The Morgan fingerprint density at radius 1 is 1.11 bits per heavy atom. The van der Waals surface area contributed by atoms with Gasteiger partial charge in [-0.3, -0.25) is 0 Å². The van der Waals surface area contributed by atoms with Gasteiger partial charge in [0.1, 0.15) is 0 Å². The highest BCUT2D eigenvalue weighted by Gasteiger charge is 2.40. The fraction of sp³-hybridized carbons (Fsp3) is 0.647. The van der Waals surface area contributed by atoms with Gasteiger partial charge in [0.2, 0.25) is 0 Å². The molecular weight excluding hydrogens is 218 g/mol. The molecule has 0 amide bonds. The standard InChI is InChI=1S/C17H27N/c1-11-8-13(16(3,4)5)9-12(2)14(11)15-17(6,7)10-18-15/h8-9,15,18H,10H2,1-7H3. The van der Waals surface area contributed by atoms with Crippen LogP contribution in [-0.2, 0) is 5.41 Å². The Bertz CT molecular complexity index is 440. The average molecular weight is 245 g/mol. The van der Waals surface area contributed by atoms with Crippen molar-refractivity contribution in [1.82, 2.24) is 5.32 Å². The van der Waals surface area contributed by atoms with Crippen molar-refractivity contribution >= 4 is 0 Å². The topological polar surface area (TPSA) is 12.0 Å². The van der Waals surface area contributed by atoms with Gasteiger partial charge in [0.05, 0.1) is 0 Å². The van der Waals surface area contributed by atoms with E-state index in [0.717, 1.165) is 6.54 Å². The van der Waals surface area contributed by atoms with Crippen LogP contribution in [0.3, 0.4) is 0 Å². The molecule has 18 heavy (non-hydrogen) atoms. The highest BCUT2D eigenvalue weighted by Crippen LogP contribution is 2.43. The Balaban J connectivity index is 2.46. The molecule has 1 atom stereocenters. The van der Waals surface area contributed by atoms with Crippen molar-refractivity contribution in [1.29, 1.82) is 0 Å². The van der Waals surface area contributed by atoms with Crippen LogP contribution in [0.25, 0.3) is 0 Å². The van der Waals surface area contributed by atoms with E-state index in [0.29, 0.717) is 11.5 Å². The van der Waals surface area contributed by atoms with Crippen molar-refractivity contribution in [2.24, 2.45) is 5.41 Å². The third-order valence-electron chi connectivity index (χ3n) is 4.29. The van der Waals surface area contributed by atoms with Crippen molar-refractivity contribution in [3.05, 3.63) is 34.4 Å². The van der Waals surface area contributed by atoms with Crippen LogP contribution in [0.4, 0.5) is 0 Å². The molecule has 0 aromatic heterocycles. The first-order valence-electron chi connectivity index (χ1n) is 6.98. The number of benzene rings is 1. The van der Waals surface area contributed by atoms with Gasteiger partial charge in [0.25, 0.3) is 0 Å². The quantitative estimate of drug-likeness (QED) is 0.779. The van der Waals surface area contributed by atoms with Gasteiger partial charge in [0.15, 0.2) is 0 Å². The number of hydrogen-bond acceptors (Lipinski definition) is 1. The van der Waals surface area contributed by atoms with Gasteiger partial charge in [-0.25, -0.2) is 0 Å². The minimum absolute atomic E-state index is 0.233. The summed E-state index contributed by atoms with van der Waals surface area (Å²) in [6, 6.07) is 5.27. The SMILES string of the molecule is Cc1cc(C(C)(C)C)cc(C)c1C1NCC1(C)C. The summed E-state index contributed by atoms with van der Waals surface area (Å²) >= 11 is 0. The van der Waals surface area contributed by atoms with Crippen LogP contribution in [0.5, 0.6) is 0 Å². The second-order valence-corrected chi connectivity index (χ2v) is 7.58. The maximum Gasteiger partial charge on any atom is 0.0389 e. The van der Waals surface area contributed by atoms with E-state index in [1.165, 1.54) is 22.3 Å². The third kappa shape index (κ3) is 2.21. The Labute approximate surface area is 112 Å². The lowest BCUT2D eigenvalue weighted by atomic mass is 9.71. The van der Waals surface area contributed by atoms with Gasteiger partial charge >= 0.3 is 0 Å². The van der Waals surface area contributed by atoms with Crippen molar-refractivity contribution in [3.63, 3.8) is 0 Å². The molecule has 1 aliphatic rings. The van der Waals surface area contributed by atoms with E-state index in [1.54, 1.807) is 0 Å². The lowest BCUT2D eigenvalue weighted by molar-refractivity contribution is 0.127. The van der Waals surface area contributed by atoms with Crippen LogP contribution in [0.2, 0.25) is 0 Å². The lowest BCUT2D eigenvalue weighted by Crippen LogP contribution is -2.52. The molecular formula is C17H27N. The van der Waals surface area contributed by atoms with Gasteiger partial charge in [-0.15, -0.1) is 0 Å². The minimum Gasteiger partial charge on any atom is -0.309 e. The first-order valence-corrected chi connectivity index (χ1v) is 6.98. The van der Waals surface area contributed by atoms with Gasteiger partial charge in [-0.05, 0) is 46.9 Å². The molecule has 1 nitrogen and oxygen atoms in total. The fourth-order valence-corrected chi connectivity index (χ4v) is 2.97. The Morgan fingerprint density at radius 3 is 1.89 bits per heavy atom. The zero-order chi connectivity index (χ0) is 13.7. The van der Waals surface area contributed by atoms with Crippen LogP contribution < -0.4 is 5.32 Å². The second-order valence-electron chi connectivity index (χ2n) is 7.58. The van der Waals surface area contributed by atoms with Gasteiger partial charge in [-0.2, -0.15) is 0 Å². The molecule has 1 N–H and O–H groups in total. The van der Waals surface area contributed by atoms with E-state index in [-0.39, 0.29) is 5.41 Å². The summed E-state index contributed by atoms with van der Waals surface area (Å²) in [5.41, 5.74) is 6.45. The molecule has 2 rings (SSSR count). The number of aryl methyl sites for hydroxylation is 2. The zero-order valence-electron chi connectivity index (χ0n) is 12.9. The van der Waals surface area contributed by atoms with E-state index in [4.69, 9.17) is 0 Å². The predicted molar refractivity (Wildman–Crippen MR) is 79.1 cm³/mol. The molecule has 1 unspecified atom stereocenters. The van der Waals surface area contributed by atoms with E-state index in [2.05, 4.69) is 65.9 Å². The predicted octanol–water partition coefficient (Wildman–Crippen LogP) is 4.27. The van der Waals surface area contributed by atoms with Gasteiger partial charge in [-0.1, -0.05) is 46.8 Å². The van der Waals surface area contributed by atoms with E-state index >= 15 is 0 Å². The molecule has 0 spiro atoms. The minimum atomic E-state index is 0.233. The normalized spacial score (nSPS) is 22.7. The average Bonchev–Trinajstić information content (AvgIpc) is 2.20. The van der Waals surface area contributed by atoms with E-state index in [9.17, 15) is 0 Å². The van der Waals surface area contributed by atoms with E-state index < -0.39 is 0 Å². The largest absolute Gasteiger partial charge is 0.309 e. The lowest BCUT2D eigenvalue weighted by Gasteiger charge is -2.47. The molecule has 0 saturated carbocycles. The smallest absolute Gasteiger partial charge is 0.0389 e. The van der Waals surface area contributed by atoms with Crippen molar-refractivity contribution in [2.45, 2.75) is 59.9 Å². The fourth-order valence-electron chi connectivity index (χ4n) is 2.97. The summed E-state index contributed by atoms with van der Waals surface area (Å²) in [5.74, 6) is 0. The number of nitrogens with one attached hydrogen (secondary N) is 1. The van der Waals surface area contributed by atoms with Crippen molar-refractivity contribution in [2.75, 3.05) is 6.54 Å². The maximum absolute atomic E-state index is 3.59. The van der Waals surface area contributed by atoms with Crippen molar-refractivity contribution < 1.29 is 0 Å². The van der Waals surface area contributed by atoms with Crippen molar-refractivity contribution in [3.8, 4) is 0 Å². The number of rotatable bonds is 1. The summed E-state index contributed by atoms with van der Waals surface area (Å²) in [6.07, 6.45) is 0. The first kappa shape index (κ1) is 13.6. The van der Waals surface area contributed by atoms with Gasteiger partial charge < -0.3 is 5.32 Å². The molecule has 1 aliphatic heterocycles. The summed E-state index contributed by atoms with van der Waals surface area (Å²) in [5, 5.41) is 3.59. The molecule has 1 aromatic rings. The van der Waals surface area contributed by atoms with Crippen LogP contribution in [-0.4, -0.2) is 6.54 Å². The van der Waals surface area contributed by atoms with Gasteiger partial charge in [0, 0.05) is 12.6 Å². The summed E-state index contributed by atoms with van der Waals surface area (Å²) in [4.78, 5) is 0. The highest BCUT2D eigenvalue weighted by molar-refractivity contribution is 5.44. The summed E-state index contributed by atoms with van der Waals surface area (Å²) in [7, 11) is 0. The molecule has 0 bridgehead atoms. The monoisotopic (exact) mass is 245 g/mol. The molecule has 1 fully saturated rings. The Kier molecular flexibility index (Phi) is 3.09.